The summed E-state index contributed by atoms with van der Waals surface area (Å²) in [5.41, 5.74) is 5.27. The van der Waals surface area contributed by atoms with Gasteiger partial charge in [-0.05, 0) is 12.8 Å². The monoisotopic (exact) mass is 212 g/mol. The Morgan fingerprint density at radius 3 is 2.87 bits per heavy atom. The first kappa shape index (κ1) is 10.2. The van der Waals surface area contributed by atoms with Crippen LogP contribution in [0.5, 0.6) is 0 Å². The summed E-state index contributed by atoms with van der Waals surface area (Å²) < 4.78 is 10.6. The van der Waals surface area contributed by atoms with Crippen LogP contribution in [0.25, 0.3) is 0 Å². The zero-order valence-corrected chi connectivity index (χ0v) is 8.61. The molecule has 1 heterocycles. The molecular formula is C9H16N4O2. The van der Waals surface area contributed by atoms with Crippen molar-refractivity contribution >= 4 is 12.0 Å². The average Bonchev–Trinajstić information content (AvgIpc) is 2.84. The molecule has 15 heavy (non-hydrogen) atoms. The van der Waals surface area contributed by atoms with Crippen LogP contribution in [0.1, 0.15) is 25.7 Å². The van der Waals surface area contributed by atoms with Crippen LogP contribution in [0.2, 0.25) is 0 Å². The van der Waals surface area contributed by atoms with Gasteiger partial charge in [0.15, 0.2) is 0 Å². The van der Waals surface area contributed by atoms with Gasteiger partial charge in [-0.3, -0.25) is 0 Å². The first-order chi connectivity index (χ1) is 7.34. The Kier molecular flexibility index (Phi) is 3.39. The summed E-state index contributed by atoms with van der Waals surface area (Å²) in [6.07, 6.45) is 5.40. The van der Waals surface area contributed by atoms with Gasteiger partial charge in [-0.2, -0.15) is 0 Å². The van der Waals surface area contributed by atoms with E-state index in [4.69, 9.17) is 14.9 Å². The average molecular weight is 212 g/mol. The van der Waals surface area contributed by atoms with Gasteiger partial charge in [0.05, 0.1) is 12.7 Å². The van der Waals surface area contributed by atoms with Crippen LogP contribution in [0.4, 0.5) is 12.0 Å². The Hall–Kier alpha value is -1.30. The zero-order valence-electron chi connectivity index (χ0n) is 8.61. The number of ether oxygens (including phenoxy) is 1. The lowest BCUT2D eigenvalue weighted by Crippen LogP contribution is -2.15. The molecule has 1 saturated carbocycles. The van der Waals surface area contributed by atoms with Gasteiger partial charge in [0.2, 0.25) is 0 Å². The van der Waals surface area contributed by atoms with E-state index in [0.29, 0.717) is 25.3 Å². The zero-order chi connectivity index (χ0) is 10.5. The Morgan fingerprint density at radius 1 is 1.40 bits per heavy atom. The predicted molar refractivity (Wildman–Crippen MR) is 55.4 cm³/mol. The molecule has 0 bridgehead atoms. The van der Waals surface area contributed by atoms with Gasteiger partial charge in [0, 0.05) is 6.54 Å². The van der Waals surface area contributed by atoms with E-state index < -0.39 is 0 Å². The fourth-order valence-electron chi connectivity index (χ4n) is 1.74. The van der Waals surface area contributed by atoms with Crippen molar-refractivity contribution in [3.63, 3.8) is 0 Å². The topological polar surface area (TPSA) is 86.2 Å². The van der Waals surface area contributed by atoms with E-state index in [1.165, 1.54) is 25.7 Å². The van der Waals surface area contributed by atoms with Gasteiger partial charge in [-0.25, -0.2) is 0 Å². The minimum atomic E-state index is 0.0780. The van der Waals surface area contributed by atoms with Crippen molar-refractivity contribution in [3.8, 4) is 0 Å². The highest BCUT2D eigenvalue weighted by molar-refractivity contribution is 5.21. The first-order valence-electron chi connectivity index (χ1n) is 5.29. The molecule has 0 saturated heterocycles. The second-order valence-corrected chi connectivity index (χ2v) is 3.65. The van der Waals surface area contributed by atoms with Gasteiger partial charge >= 0.3 is 12.0 Å². The summed E-state index contributed by atoms with van der Waals surface area (Å²) in [5, 5.41) is 10.2. The van der Waals surface area contributed by atoms with Crippen molar-refractivity contribution in [2.75, 3.05) is 24.2 Å². The van der Waals surface area contributed by atoms with Crippen molar-refractivity contribution in [2.24, 2.45) is 0 Å². The molecule has 0 aliphatic heterocycles. The molecule has 1 fully saturated rings. The van der Waals surface area contributed by atoms with Crippen LogP contribution in [-0.4, -0.2) is 29.5 Å². The number of nitrogens with zero attached hydrogens (tertiary/aromatic N) is 2. The van der Waals surface area contributed by atoms with Crippen LogP contribution in [0.15, 0.2) is 4.42 Å². The summed E-state index contributed by atoms with van der Waals surface area (Å²) in [5.74, 6) is 0. The van der Waals surface area contributed by atoms with E-state index in [1.54, 1.807) is 0 Å². The van der Waals surface area contributed by atoms with Gasteiger partial charge in [-0.15, -0.1) is 0 Å². The molecule has 2 rings (SSSR count). The van der Waals surface area contributed by atoms with Crippen molar-refractivity contribution in [1.29, 1.82) is 0 Å². The molecule has 0 unspecified atom stereocenters. The van der Waals surface area contributed by atoms with Crippen molar-refractivity contribution < 1.29 is 9.15 Å². The molecule has 0 aromatic carbocycles. The van der Waals surface area contributed by atoms with E-state index in [0.717, 1.165) is 0 Å². The molecule has 3 N–H and O–H groups in total. The Balaban J connectivity index is 1.58. The maximum Gasteiger partial charge on any atom is 0.316 e. The predicted octanol–water partition coefficient (Wildman–Crippen LogP) is 1.02. The second-order valence-electron chi connectivity index (χ2n) is 3.65. The molecule has 6 nitrogen and oxygen atoms in total. The van der Waals surface area contributed by atoms with Crippen molar-refractivity contribution in [3.05, 3.63) is 0 Å². The molecule has 1 aliphatic rings. The van der Waals surface area contributed by atoms with Crippen LogP contribution >= 0.6 is 0 Å². The van der Waals surface area contributed by atoms with Gasteiger partial charge < -0.3 is 20.2 Å². The van der Waals surface area contributed by atoms with E-state index in [-0.39, 0.29) is 6.01 Å². The van der Waals surface area contributed by atoms with E-state index in [2.05, 4.69) is 15.5 Å². The standard InChI is InChI=1S/C9H16N4O2/c10-8-12-13-9(15-8)11-5-6-14-7-3-1-2-4-7/h7H,1-6H2,(H2,10,12)(H,11,13). The second kappa shape index (κ2) is 4.97. The van der Waals surface area contributed by atoms with Gasteiger partial charge in [-0.1, -0.05) is 23.0 Å². The van der Waals surface area contributed by atoms with Gasteiger partial charge in [0.25, 0.3) is 0 Å². The smallest absolute Gasteiger partial charge is 0.316 e. The summed E-state index contributed by atoms with van der Waals surface area (Å²) in [7, 11) is 0. The number of nitrogens with two attached hydrogens (primary N) is 1. The van der Waals surface area contributed by atoms with Crippen molar-refractivity contribution in [2.45, 2.75) is 31.8 Å². The van der Waals surface area contributed by atoms with E-state index in [1.807, 2.05) is 0 Å². The van der Waals surface area contributed by atoms with Gasteiger partial charge in [0.1, 0.15) is 0 Å². The normalized spacial score (nSPS) is 17.1. The van der Waals surface area contributed by atoms with Crippen molar-refractivity contribution in [1.82, 2.24) is 10.2 Å². The Labute approximate surface area is 88.2 Å². The minimum absolute atomic E-state index is 0.0780. The quantitative estimate of drug-likeness (QED) is 0.709. The fraction of sp³-hybridized carbons (Fsp3) is 0.778. The molecule has 0 spiro atoms. The van der Waals surface area contributed by atoms with E-state index in [9.17, 15) is 0 Å². The number of hydrogen-bond acceptors (Lipinski definition) is 6. The molecule has 1 aromatic heterocycles. The van der Waals surface area contributed by atoms with Crippen LogP contribution < -0.4 is 11.1 Å². The number of hydrogen-bond donors (Lipinski definition) is 2. The number of nitrogens with one attached hydrogen (secondary N) is 1. The lowest BCUT2D eigenvalue weighted by atomic mass is 10.3. The number of rotatable bonds is 5. The van der Waals surface area contributed by atoms with Crippen LogP contribution in [-0.2, 0) is 4.74 Å². The molecule has 1 aromatic rings. The molecular weight excluding hydrogens is 196 g/mol. The lowest BCUT2D eigenvalue weighted by molar-refractivity contribution is 0.0657. The molecule has 0 amide bonds. The Morgan fingerprint density at radius 2 is 2.20 bits per heavy atom. The Bertz CT molecular complexity index is 296. The lowest BCUT2D eigenvalue weighted by Gasteiger charge is -2.10. The highest BCUT2D eigenvalue weighted by Crippen LogP contribution is 2.20. The maximum absolute atomic E-state index is 5.65. The number of aromatic nitrogens is 2. The molecule has 84 valence electrons. The number of nitrogen functional groups attached to an aromatic ring is 1. The van der Waals surface area contributed by atoms with Crippen LogP contribution in [0.3, 0.4) is 0 Å². The largest absolute Gasteiger partial charge is 0.390 e. The first-order valence-corrected chi connectivity index (χ1v) is 5.29. The number of anilines is 2. The summed E-state index contributed by atoms with van der Waals surface area (Å²) >= 11 is 0. The highest BCUT2D eigenvalue weighted by Gasteiger charge is 2.14. The van der Waals surface area contributed by atoms with Crippen LogP contribution in [0, 0.1) is 0 Å². The third-order valence-electron chi connectivity index (χ3n) is 2.47. The molecule has 0 atom stereocenters. The summed E-state index contributed by atoms with van der Waals surface area (Å²) in [4.78, 5) is 0. The third-order valence-corrected chi connectivity index (χ3v) is 2.47. The molecule has 1 aliphatic carbocycles. The molecule has 6 heteroatoms. The van der Waals surface area contributed by atoms with E-state index >= 15 is 0 Å². The maximum atomic E-state index is 5.65. The summed E-state index contributed by atoms with van der Waals surface area (Å²) in [6.45, 7) is 1.32. The molecule has 0 radical (unpaired) electrons. The minimum Gasteiger partial charge on any atom is -0.390 e. The summed E-state index contributed by atoms with van der Waals surface area (Å²) in [6, 6.07) is 0.428. The SMILES string of the molecule is Nc1nnc(NCCOC2CCCC2)o1. The third kappa shape index (κ3) is 3.09. The fourth-order valence-corrected chi connectivity index (χ4v) is 1.74. The highest BCUT2D eigenvalue weighted by atomic mass is 16.5.